The smallest absolute Gasteiger partial charge is 0.257 e. The molecule has 3 aromatic rings. The second kappa shape index (κ2) is 8.90. The number of nitrogens with one attached hydrogen (secondary N) is 1. The number of para-hydroxylation sites is 1. The molecular weight excluding hydrogens is 380 g/mol. The van der Waals surface area contributed by atoms with E-state index in [0.717, 1.165) is 42.3 Å². The van der Waals surface area contributed by atoms with Crippen molar-refractivity contribution in [3.8, 4) is 22.8 Å². The summed E-state index contributed by atoms with van der Waals surface area (Å²) in [5, 5.41) is 7.62. The maximum atomic E-state index is 13.0. The van der Waals surface area contributed by atoms with Gasteiger partial charge in [0.15, 0.2) is 5.82 Å². The second-order valence-corrected chi connectivity index (χ2v) is 7.20. The summed E-state index contributed by atoms with van der Waals surface area (Å²) >= 11 is 0. The lowest BCUT2D eigenvalue weighted by molar-refractivity contribution is 0.0763. The van der Waals surface area contributed by atoms with Crippen molar-refractivity contribution in [3.05, 3.63) is 60.2 Å². The maximum Gasteiger partial charge on any atom is 0.257 e. The minimum absolute atomic E-state index is 0.00949. The van der Waals surface area contributed by atoms with Gasteiger partial charge in [-0.15, -0.1) is 0 Å². The summed E-state index contributed by atoms with van der Waals surface area (Å²) in [6, 6.07) is 17.3. The van der Waals surface area contributed by atoms with Crippen LogP contribution in [0.2, 0.25) is 0 Å². The number of anilines is 1. The Morgan fingerprint density at radius 3 is 2.53 bits per heavy atom. The highest BCUT2D eigenvalue weighted by molar-refractivity contribution is 5.97. The van der Waals surface area contributed by atoms with Gasteiger partial charge in [0.2, 0.25) is 0 Å². The lowest BCUT2D eigenvalue weighted by Gasteiger charge is -2.22. The first-order valence-corrected chi connectivity index (χ1v) is 10.1. The monoisotopic (exact) mass is 406 g/mol. The lowest BCUT2D eigenvalue weighted by atomic mass is 10.1. The van der Waals surface area contributed by atoms with Crippen LogP contribution in [-0.2, 0) is 0 Å². The highest BCUT2D eigenvalue weighted by Crippen LogP contribution is 2.25. The highest BCUT2D eigenvalue weighted by atomic mass is 16.5. The summed E-state index contributed by atoms with van der Waals surface area (Å²) < 4.78 is 10.6. The molecule has 7 nitrogen and oxygen atoms in total. The zero-order valence-corrected chi connectivity index (χ0v) is 17.3. The first-order chi connectivity index (χ1) is 14.7. The maximum absolute atomic E-state index is 13.0. The Morgan fingerprint density at radius 2 is 1.77 bits per heavy atom. The molecule has 2 aromatic carbocycles. The molecule has 30 heavy (non-hydrogen) atoms. The van der Waals surface area contributed by atoms with Crippen LogP contribution in [0.4, 0.5) is 5.82 Å². The van der Waals surface area contributed by atoms with Crippen molar-refractivity contribution in [1.82, 2.24) is 15.1 Å². The number of nitrogens with zero attached hydrogens (tertiary/aromatic N) is 3. The lowest BCUT2D eigenvalue weighted by Crippen LogP contribution is -2.35. The molecule has 1 fully saturated rings. The molecule has 0 atom stereocenters. The molecule has 1 aliphatic rings. The van der Waals surface area contributed by atoms with Crippen molar-refractivity contribution in [2.75, 3.05) is 45.3 Å². The van der Waals surface area contributed by atoms with E-state index in [-0.39, 0.29) is 5.91 Å². The number of aromatic amines is 1. The molecule has 0 radical (unpaired) electrons. The van der Waals surface area contributed by atoms with Crippen molar-refractivity contribution in [2.45, 2.75) is 6.42 Å². The molecule has 2 heterocycles. The molecule has 1 aromatic heterocycles. The first-order valence-electron chi connectivity index (χ1n) is 10.1. The van der Waals surface area contributed by atoms with Gasteiger partial charge in [-0.25, -0.2) is 0 Å². The Kier molecular flexibility index (Phi) is 5.88. The van der Waals surface area contributed by atoms with Crippen LogP contribution in [0, 0.1) is 0 Å². The number of hydrogen-bond donors (Lipinski definition) is 1. The Labute approximate surface area is 176 Å². The minimum atomic E-state index is 0.00949. The first kappa shape index (κ1) is 19.8. The third-order valence-corrected chi connectivity index (χ3v) is 5.41. The van der Waals surface area contributed by atoms with Crippen LogP contribution in [0.5, 0.6) is 11.5 Å². The number of methoxy groups -OCH3 is 2. The van der Waals surface area contributed by atoms with Gasteiger partial charge in [0.25, 0.3) is 5.91 Å². The van der Waals surface area contributed by atoms with Crippen molar-refractivity contribution in [1.29, 1.82) is 0 Å². The minimum Gasteiger partial charge on any atom is -0.497 e. The zero-order valence-electron chi connectivity index (χ0n) is 17.3. The van der Waals surface area contributed by atoms with Gasteiger partial charge in [0, 0.05) is 32.2 Å². The van der Waals surface area contributed by atoms with E-state index in [1.54, 1.807) is 14.2 Å². The zero-order chi connectivity index (χ0) is 20.9. The van der Waals surface area contributed by atoms with Gasteiger partial charge in [-0.1, -0.05) is 12.1 Å². The van der Waals surface area contributed by atoms with Crippen LogP contribution in [0.3, 0.4) is 0 Å². The van der Waals surface area contributed by atoms with Crippen LogP contribution in [0.15, 0.2) is 54.6 Å². The van der Waals surface area contributed by atoms with E-state index in [2.05, 4.69) is 21.2 Å². The van der Waals surface area contributed by atoms with Gasteiger partial charge >= 0.3 is 0 Å². The van der Waals surface area contributed by atoms with Gasteiger partial charge in [0.1, 0.15) is 11.5 Å². The van der Waals surface area contributed by atoms with E-state index < -0.39 is 0 Å². The fourth-order valence-electron chi connectivity index (χ4n) is 3.73. The Hall–Kier alpha value is -3.48. The Morgan fingerprint density at radius 1 is 0.967 bits per heavy atom. The molecule has 0 saturated carbocycles. The number of carbonyl (C=O) groups is 1. The number of ether oxygens (including phenoxy) is 2. The van der Waals surface area contributed by atoms with E-state index in [4.69, 9.17) is 9.47 Å². The normalized spacial score (nSPS) is 14.3. The van der Waals surface area contributed by atoms with Gasteiger partial charge in [-0.3, -0.25) is 9.89 Å². The summed E-state index contributed by atoms with van der Waals surface area (Å²) in [6.07, 6.45) is 0.881. The van der Waals surface area contributed by atoms with Crippen LogP contribution < -0.4 is 14.4 Å². The molecule has 156 valence electrons. The fraction of sp³-hybridized carbons (Fsp3) is 0.304. The van der Waals surface area contributed by atoms with Gasteiger partial charge < -0.3 is 19.3 Å². The third-order valence-electron chi connectivity index (χ3n) is 5.41. The van der Waals surface area contributed by atoms with Crippen molar-refractivity contribution in [3.63, 3.8) is 0 Å². The summed E-state index contributed by atoms with van der Waals surface area (Å²) in [5.41, 5.74) is 2.62. The summed E-state index contributed by atoms with van der Waals surface area (Å²) in [6.45, 7) is 2.93. The molecule has 0 unspecified atom stereocenters. The molecule has 0 aliphatic carbocycles. The van der Waals surface area contributed by atoms with Gasteiger partial charge in [-0.05, 0) is 48.4 Å². The van der Waals surface area contributed by atoms with Crippen LogP contribution in [-0.4, -0.2) is 61.4 Å². The summed E-state index contributed by atoms with van der Waals surface area (Å²) in [4.78, 5) is 17.1. The standard InChI is InChI=1S/C23H26N4O3/c1-29-18-10-8-17(9-11-18)20-16-22(25-24-20)26-12-5-13-27(15-14-26)23(28)19-6-3-4-7-21(19)30-2/h3-4,6-11,16H,5,12-15H2,1-2H3,(H,24,25). The number of H-pyrrole nitrogens is 1. The topological polar surface area (TPSA) is 70.7 Å². The SMILES string of the molecule is COc1ccc(-c2cc(N3CCCN(C(=O)c4ccccc4OC)CC3)n[nH]2)cc1. The molecule has 0 bridgehead atoms. The second-order valence-electron chi connectivity index (χ2n) is 7.20. The molecule has 0 spiro atoms. The van der Waals surface area contributed by atoms with Gasteiger partial charge in [-0.2, -0.15) is 5.10 Å². The number of hydrogen-bond acceptors (Lipinski definition) is 5. The predicted molar refractivity (Wildman–Crippen MR) is 116 cm³/mol. The number of amides is 1. The number of aromatic nitrogens is 2. The quantitative estimate of drug-likeness (QED) is 0.703. The Balaban J connectivity index is 1.44. The molecular formula is C23H26N4O3. The largest absolute Gasteiger partial charge is 0.497 e. The van der Waals surface area contributed by atoms with Crippen LogP contribution >= 0.6 is 0 Å². The fourth-order valence-corrected chi connectivity index (χ4v) is 3.73. The molecule has 1 N–H and O–H groups in total. The Bertz CT molecular complexity index is 1000. The van der Waals surface area contributed by atoms with E-state index >= 15 is 0 Å². The van der Waals surface area contributed by atoms with Crippen molar-refractivity contribution in [2.24, 2.45) is 0 Å². The average Bonchev–Trinajstić information content (AvgIpc) is 3.16. The average molecular weight is 406 g/mol. The van der Waals surface area contributed by atoms with Crippen molar-refractivity contribution >= 4 is 11.7 Å². The molecule has 1 amide bonds. The number of benzene rings is 2. The van der Waals surface area contributed by atoms with E-state index in [1.807, 2.05) is 53.4 Å². The van der Waals surface area contributed by atoms with Crippen molar-refractivity contribution < 1.29 is 14.3 Å². The number of rotatable bonds is 5. The molecule has 1 saturated heterocycles. The van der Waals surface area contributed by atoms with E-state index in [9.17, 15) is 4.79 Å². The summed E-state index contributed by atoms with van der Waals surface area (Å²) in [7, 11) is 3.25. The van der Waals surface area contributed by atoms with Crippen LogP contribution in [0.1, 0.15) is 16.8 Å². The molecule has 4 rings (SSSR count). The summed E-state index contributed by atoms with van der Waals surface area (Å²) in [5.74, 6) is 2.34. The number of carbonyl (C=O) groups excluding carboxylic acids is 1. The van der Waals surface area contributed by atoms with Crippen LogP contribution in [0.25, 0.3) is 11.3 Å². The molecule has 1 aliphatic heterocycles. The third kappa shape index (κ3) is 4.10. The molecule has 7 heteroatoms. The van der Waals surface area contributed by atoms with E-state index in [1.165, 1.54) is 0 Å². The van der Waals surface area contributed by atoms with E-state index in [0.29, 0.717) is 24.4 Å². The predicted octanol–water partition coefficient (Wildman–Crippen LogP) is 3.45. The highest BCUT2D eigenvalue weighted by Gasteiger charge is 2.23. The van der Waals surface area contributed by atoms with Gasteiger partial charge in [0.05, 0.1) is 25.5 Å².